The number of fused-ring (bicyclic) bond motifs is 1. The summed E-state index contributed by atoms with van der Waals surface area (Å²) in [5.41, 5.74) is 9.50. The topological polar surface area (TPSA) is 83.4 Å². The maximum Gasteiger partial charge on any atom is 0.156 e. The zero-order chi connectivity index (χ0) is 11.1. The third kappa shape index (κ3) is 1.25. The van der Waals surface area contributed by atoms with Gasteiger partial charge in [-0.3, -0.25) is 5.10 Å². The summed E-state index contributed by atoms with van der Waals surface area (Å²) in [5, 5.41) is 6.71. The predicted molar refractivity (Wildman–Crippen MR) is 62.8 cm³/mol. The Morgan fingerprint density at radius 3 is 2.88 bits per heavy atom. The van der Waals surface area contributed by atoms with Gasteiger partial charge in [0.25, 0.3) is 0 Å². The van der Waals surface area contributed by atoms with Crippen LogP contribution in [0.15, 0.2) is 24.3 Å². The van der Waals surface area contributed by atoms with Crippen LogP contribution in [0, 0.1) is 6.92 Å². The maximum atomic E-state index is 5.56. The number of nitrogens with two attached hydrogens (primary N) is 1. The molecule has 2 heterocycles. The Labute approximate surface area is 91.7 Å². The van der Waals surface area contributed by atoms with Crippen LogP contribution in [0.1, 0.15) is 5.56 Å². The number of hydrogen-bond acceptors (Lipinski definition) is 3. The molecule has 0 aliphatic rings. The molecule has 0 radical (unpaired) electrons. The van der Waals surface area contributed by atoms with E-state index in [1.807, 2.05) is 25.1 Å². The molecular formula is C11H11N5. The van der Waals surface area contributed by atoms with E-state index in [2.05, 4.69) is 20.2 Å². The van der Waals surface area contributed by atoms with E-state index in [1.54, 1.807) is 6.07 Å². The molecule has 2 aromatic heterocycles. The third-order valence-electron chi connectivity index (χ3n) is 2.57. The van der Waals surface area contributed by atoms with Crippen LogP contribution in [-0.4, -0.2) is 20.2 Å². The van der Waals surface area contributed by atoms with Crippen LogP contribution in [-0.2, 0) is 0 Å². The normalized spacial score (nSPS) is 11.1. The largest absolute Gasteiger partial charge is 0.382 e. The highest BCUT2D eigenvalue weighted by Crippen LogP contribution is 2.21. The number of para-hydroxylation sites is 1. The summed E-state index contributed by atoms with van der Waals surface area (Å²) in [6.45, 7) is 2.04. The summed E-state index contributed by atoms with van der Waals surface area (Å²) in [7, 11) is 0. The lowest BCUT2D eigenvalue weighted by atomic mass is 10.2. The van der Waals surface area contributed by atoms with E-state index in [1.165, 1.54) is 0 Å². The monoisotopic (exact) mass is 213 g/mol. The Morgan fingerprint density at radius 1 is 1.31 bits per heavy atom. The number of H-pyrrole nitrogens is 2. The lowest BCUT2D eigenvalue weighted by Crippen LogP contribution is -1.81. The van der Waals surface area contributed by atoms with Crippen molar-refractivity contribution < 1.29 is 0 Å². The van der Waals surface area contributed by atoms with Gasteiger partial charge in [0, 0.05) is 6.07 Å². The first-order valence-corrected chi connectivity index (χ1v) is 5.00. The van der Waals surface area contributed by atoms with Crippen LogP contribution in [0.25, 0.3) is 22.6 Å². The summed E-state index contributed by atoms with van der Waals surface area (Å²) >= 11 is 0. The van der Waals surface area contributed by atoms with Crippen LogP contribution >= 0.6 is 0 Å². The quantitative estimate of drug-likeness (QED) is 0.576. The van der Waals surface area contributed by atoms with E-state index in [-0.39, 0.29) is 0 Å². The number of nitrogen functional groups attached to an aromatic ring is 1. The first-order valence-electron chi connectivity index (χ1n) is 5.00. The van der Waals surface area contributed by atoms with Crippen LogP contribution in [0.3, 0.4) is 0 Å². The zero-order valence-electron chi connectivity index (χ0n) is 8.78. The molecule has 0 aliphatic heterocycles. The van der Waals surface area contributed by atoms with Crippen LogP contribution in [0.5, 0.6) is 0 Å². The Kier molecular flexibility index (Phi) is 1.73. The Balaban J connectivity index is 2.22. The molecule has 0 amide bonds. The highest BCUT2D eigenvalue weighted by Gasteiger charge is 2.08. The number of benzene rings is 1. The van der Waals surface area contributed by atoms with Crippen molar-refractivity contribution in [3.63, 3.8) is 0 Å². The van der Waals surface area contributed by atoms with Gasteiger partial charge < -0.3 is 10.7 Å². The van der Waals surface area contributed by atoms with Gasteiger partial charge >= 0.3 is 0 Å². The predicted octanol–water partition coefficient (Wildman–Crippen LogP) is 1.84. The lowest BCUT2D eigenvalue weighted by molar-refractivity contribution is 1.09. The average Bonchev–Trinajstić information content (AvgIpc) is 2.84. The molecule has 5 heteroatoms. The second-order valence-corrected chi connectivity index (χ2v) is 3.76. The molecule has 80 valence electrons. The molecule has 0 unspecified atom stereocenters. The minimum Gasteiger partial charge on any atom is -0.382 e. The first-order chi connectivity index (χ1) is 7.74. The van der Waals surface area contributed by atoms with Crippen LogP contribution in [0.4, 0.5) is 5.82 Å². The fourth-order valence-corrected chi connectivity index (χ4v) is 1.76. The third-order valence-corrected chi connectivity index (χ3v) is 2.57. The number of aromatic nitrogens is 4. The number of imidazole rings is 1. The van der Waals surface area contributed by atoms with E-state index in [9.17, 15) is 0 Å². The Morgan fingerprint density at radius 2 is 2.19 bits per heavy atom. The number of aromatic amines is 2. The molecule has 0 spiro atoms. The standard InChI is InChI=1S/C11H11N5/c1-6-3-2-4-7-10(6)14-11(13-7)8-5-9(12)16-15-8/h2-5H,1H3,(H,13,14)(H3,12,15,16). The highest BCUT2D eigenvalue weighted by molar-refractivity contribution is 5.81. The minimum absolute atomic E-state index is 0.465. The number of rotatable bonds is 1. The maximum absolute atomic E-state index is 5.56. The van der Waals surface area contributed by atoms with Crippen molar-refractivity contribution in [1.29, 1.82) is 0 Å². The Bertz CT molecular complexity index is 649. The van der Waals surface area contributed by atoms with Crippen molar-refractivity contribution in [2.45, 2.75) is 6.92 Å². The highest BCUT2D eigenvalue weighted by atomic mass is 15.2. The van der Waals surface area contributed by atoms with E-state index in [4.69, 9.17) is 5.73 Å². The van der Waals surface area contributed by atoms with Crippen molar-refractivity contribution >= 4 is 16.9 Å². The first kappa shape index (κ1) is 8.96. The molecule has 16 heavy (non-hydrogen) atoms. The van der Waals surface area contributed by atoms with Crippen molar-refractivity contribution in [2.75, 3.05) is 5.73 Å². The molecule has 3 aromatic rings. The lowest BCUT2D eigenvalue weighted by Gasteiger charge is -1.90. The smallest absolute Gasteiger partial charge is 0.156 e. The van der Waals surface area contributed by atoms with Crippen molar-refractivity contribution in [3.05, 3.63) is 29.8 Å². The van der Waals surface area contributed by atoms with Gasteiger partial charge in [-0.2, -0.15) is 5.10 Å². The molecule has 0 saturated heterocycles. The van der Waals surface area contributed by atoms with Gasteiger partial charge in [-0.25, -0.2) is 4.98 Å². The van der Waals surface area contributed by atoms with Gasteiger partial charge in [-0.15, -0.1) is 0 Å². The van der Waals surface area contributed by atoms with Crippen LogP contribution < -0.4 is 5.73 Å². The van der Waals surface area contributed by atoms with Gasteiger partial charge in [0.1, 0.15) is 11.5 Å². The SMILES string of the molecule is Cc1cccc2[nH]c(-c3cc(N)n[nH]3)nc12. The summed E-state index contributed by atoms with van der Waals surface area (Å²) < 4.78 is 0. The van der Waals surface area contributed by atoms with Crippen molar-refractivity contribution in [2.24, 2.45) is 0 Å². The molecule has 0 bridgehead atoms. The zero-order valence-corrected chi connectivity index (χ0v) is 8.78. The van der Waals surface area contributed by atoms with E-state index >= 15 is 0 Å². The van der Waals surface area contributed by atoms with Gasteiger partial charge in [-0.1, -0.05) is 12.1 Å². The second-order valence-electron chi connectivity index (χ2n) is 3.76. The average molecular weight is 213 g/mol. The molecule has 5 nitrogen and oxygen atoms in total. The fraction of sp³-hybridized carbons (Fsp3) is 0.0909. The number of anilines is 1. The van der Waals surface area contributed by atoms with E-state index < -0.39 is 0 Å². The van der Waals surface area contributed by atoms with Gasteiger partial charge in [0.05, 0.1) is 11.0 Å². The van der Waals surface area contributed by atoms with Gasteiger partial charge in [-0.05, 0) is 18.6 Å². The molecule has 0 atom stereocenters. The van der Waals surface area contributed by atoms with E-state index in [0.29, 0.717) is 5.82 Å². The molecule has 4 N–H and O–H groups in total. The number of hydrogen-bond donors (Lipinski definition) is 3. The van der Waals surface area contributed by atoms with E-state index in [0.717, 1.165) is 28.1 Å². The molecule has 0 aliphatic carbocycles. The molecule has 0 saturated carbocycles. The minimum atomic E-state index is 0.465. The van der Waals surface area contributed by atoms with Crippen molar-refractivity contribution in [1.82, 2.24) is 20.2 Å². The molecule has 1 aromatic carbocycles. The number of nitrogens with zero attached hydrogens (tertiary/aromatic N) is 2. The summed E-state index contributed by atoms with van der Waals surface area (Å²) in [6.07, 6.45) is 0. The second kappa shape index (κ2) is 3.10. The Hall–Kier alpha value is -2.30. The van der Waals surface area contributed by atoms with Gasteiger partial charge in [0.2, 0.25) is 0 Å². The number of aryl methyl sites for hydroxylation is 1. The molecule has 0 fully saturated rings. The van der Waals surface area contributed by atoms with Crippen molar-refractivity contribution in [3.8, 4) is 11.5 Å². The van der Waals surface area contributed by atoms with Gasteiger partial charge in [0.15, 0.2) is 5.82 Å². The molecule has 3 rings (SSSR count). The number of nitrogens with one attached hydrogen (secondary N) is 2. The summed E-state index contributed by atoms with van der Waals surface area (Å²) in [6, 6.07) is 7.79. The van der Waals surface area contributed by atoms with Crippen LogP contribution in [0.2, 0.25) is 0 Å². The summed E-state index contributed by atoms with van der Waals surface area (Å²) in [5.74, 6) is 1.22. The fourth-order valence-electron chi connectivity index (χ4n) is 1.76. The molecular weight excluding hydrogens is 202 g/mol. The summed E-state index contributed by atoms with van der Waals surface area (Å²) in [4.78, 5) is 7.74.